The number of hydrogen-bond donors (Lipinski definition) is 1. The van der Waals surface area contributed by atoms with Gasteiger partial charge in [0.2, 0.25) is 0 Å². The third-order valence-electron chi connectivity index (χ3n) is 6.35. The van der Waals surface area contributed by atoms with Crippen molar-refractivity contribution in [2.24, 2.45) is 7.05 Å². The van der Waals surface area contributed by atoms with Crippen molar-refractivity contribution in [1.29, 1.82) is 0 Å². The van der Waals surface area contributed by atoms with Crippen molar-refractivity contribution in [2.45, 2.75) is 11.9 Å². The Balaban J connectivity index is 1.74. The SMILES string of the molecule is COc1ccc(-c2nc(C3(c4ccc(F)cc4)OCC(CO)O3)n(C)c2-c2ccc(OC)cc2)cc1. The molecule has 0 aliphatic carbocycles. The summed E-state index contributed by atoms with van der Waals surface area (Å²) in [4.78, 5) is 5.04. The highest BCUT2D eigenvalue weighted by Gasteiger charge is 2.49. The molecule has 186 valence electrons. The Labute approximate surface area is 208 Å². The van der Waals surface area contributed by atoms with Gasteiger partial charge in [0.15, 0.2) is 5.82 Å². The third-order valence-corrected chi connectivity index (χ3v) is 6.35. The van der Waals surface area contributed by atoms with Crippen molar-refractivity contribution >= 4 is 0 Å². The largest absolute Gasteiger partial charge is 0.497 e. The highest BCUT2D eigenvalue weighted by atomic mass is 19.1. The highest BCUT2D eigenvalue weighted by molar-refractivity contribution is 5.80. The molecule has 0 spiro atoms. The van der Waals surface area contributed by atoms with Gasteiger partial charge in [-0.3, -0.25) is 0 Å². The number of ether oxygens (including phenoxy) is 4. The van der Waals surface area contributed by atoms with E-state index in [0.29, 0.717) is 17.1 Å². The van der Waals surface area contributed by atoms with Gasteiger partial charge in [0.1, 0.15) is 23.4 Å². The number of aliphatic hydroxyl groups excluding tert-OH is 1. The lowest BCUT2D eigenvalue weighted by Crippen LogP contribution is -2.33. The number of aliphatic hydroxyl groups is 1. The second-order valence-corrected chi connectivity index (χ2v) is 8.51. The maximum Gasteiger partial charge on any atom is 0.256 e. The zero-order valence-electron chi connectivity index (χ0n) is 20.3. The van der Waals surface area contributed by atoms with Crippen LogP contribution in [-0.4, -0.2) is 48.2 Å². The number of methoxy groups -OCH3 is 2. The predicted octanol–water partition coefficient (Wildman–Crippen LogP) is 4.52. The number of halogens is 1. The molecular weight excluding hydrogens is 463 g/mol. The van der Waals surface area contributed by atoms with Crippen LogP contribution in [0.5, 0.6) is 11.5 Å². The van der Waals surface area contributed by atoms with Crippen LogP contribution in [0.1, 0.15) is 11.4 Å². The molecule has 7 nitrogen and oxygen atoms in total. The summed E-state index contributed by atoms with van der Waals surface area (Å²) in [5, 5.41) is 9.80. The number of aromatic nitrogens is 2. The first-order valence-electron chi connectivity index (χ1n) is 11.5. The maximum absolute atomic E-state index is 13.8. The van der Waals surface area contributed by atoms with E-state index in [1.54, 1.807) is 26.4 Å². The maximum atomic E-state index is 13.8. The van der Waals surface area contributed by atoms with Gasteiger partial charge in [-0.15, -0.1) is 0 Å². The molecule has 1 aliphatic rings. The topological polar surface area (TPSA) is 75.0 Å². The van der Waals surface area contributed by atoms with Crippen LogP contribution in [0, 0.1) is 5.82 Å². The van der Waals surface area contributed by atoms with E-state index >= 15 is 0 Å². The minimum Gasteiger partial charge on any atom is -0.497 e. The van der Waals surface area contributed by atoms with Crippen molar-refractivity contribution in [2.75, 3.05) is 27.4 Å². The monoisotopic (exact) mass is 490 g/mol. The molecule has 0 amide bonds. The molecule has 1 fully saturated rings. The summed E-state index contributed by atoms with van der Waals surface area (Å²) in [5.41, 5.74) is 3.90. The van der Waals surface area contributed by atoms with Crippen LogP contribution < -0.4 is 9.47 Å². The molecule has 0 saturated carbocycles. The Bertz CT molecular complexity index is 1340. The number of imidazole rings is 1. The van der Waals surface area contributed by atoms with E-state index in [2.05, 4.69) is 0 Å². The van der Waals surface area contributed by atoms with Crippen LogP contribution in [0.3, 0.4) is 0 Å². The van der Waals surface area contributed by atoms with Gasteiger partial charge in [0, 0.05) is 23.7 Å². The van der Waals surface area contributed by atoms with Gasteiger partial charge in [-0.05, 0) is 60.7 Å². The lowest BCUT2D eigenvalue weighted by atomic mass is 10.0. The van der Waals surface area contributed by atoms with E-state index in [9.17, 15) is 9.50 Å². The zero-order valence-corrected chi connectivity index (χ0v) is 20.3. The Morgan fingerprint density at radius 1 is 0.944 bits per heavy atom. The van der Waals surface area contributed by atoms with Crippen molar-refractivity contribution in [1.82, 2.24) is 9.55 Å². The summed E-state index contributed by atoms with van der Waals surface area (Å²) >= 11 is 0. The molecule has 0 bridgehead atoms. The van der Waals surface area contributed by atoms with Crippen molar-refractivity contribution in [3.63, 3.8) is 0 Å². The normalized spacial score (nSPS) is 19.4. The summed E-state index contributed by atoms with van der Waals surface area (Å²) < 4.78 is 38.9. The van der Waals surface area contributed by atoms with Crippen LogP contribution in [-0.2, 0) is 22.3 Å². The number of benzene rings is 3. The molecule has 1 aliphatic heterocycles. The molecule has 1 saturated heterocycles. The van der Waals surface area contributed by atoms with Crippen LogP contribution in [0.2, 0.25) is 0 Å². The highest BCUT2D eigenvalue weighted by Crippen LogP contribution is 2.44. The smallest absolute Gasteiger partial charge is 0.256 e. The molecule has 3 aromatic carbocycles. The molecule has 5 rings (SSSR count). The molecule has 4 aromatic rings. The number of hydrogen-bond acceptors (Lipinski definition) is 6. The Morgan fingerprint density at radius 2 is 1.53 bits per heavy atom. The van der Waals surface area contributed by atoms with Gasteiger partial charge in [0.25, 0.3) is 5.79 Å². The van der Waals surface area contributed by atoms with Crippen LogP contribution in [0.4, 0.5) is 4.39 Å². The lowest BCUT2D eigenvalue weighted by Gasteiger charge is -2.28. The number of rotatable bonds is 7. The van der Waals surface area contributed by atoms with E-state index in [1.165, 1.54) is 12.1 Å². The standard InChI is InChI=1S/C28H27FN2O5/c1-31-26(19-6-14-23(34-3)15-7-19)25(18-4-12-22(33-2)13-5-18)30-27(31)28(35-17-24(16-32)36-28)20-8-10-21(29)11-9-20/h4-15,24,32H,16-17H2,1-3H3. The average Bonchev–Trinajstić information content (AvgIpc) is 3.51. The zero-order chi connectivity index (χ0) is 25.3. The van der Waals surface area contributed by atoms with Gasteiger partial charge in [-0.1, -0.05) is 12.1 Å². The fourth-order valence-corrected chi connectivity index (χ4v) is 4.49. The Kier molecular flexibility index (Phi) is 6.49. The summed E-state index contributed by atoms with van der Waals surface area (Å²) in [6.07, 6.45) is -0.555. The van der Waals surface area contributed by atoms with Crippen LogP contribution in [0.25, 0.3) is 22.5 Å². The quantitative estimate of drug-likeness (QED) is 0.411. The van der Waals surface area contributed by atoms with E-state index in [-0.39, 0.29) is 19.0 Å². The van der Waals surface area contributed by atoms with Crippen molar-refractivity contribution in [3.05, 3.63) is 90.0 Å². The van der Waals surface area contributed by atoms with Crippen molar-refractivity contribution < 1.29 is 28.4 Å². The second-order valence-electron chi connectivity index (χ2n) is 8.51. The molecular formula is C28H27FN2O5. The molecule has 2 unspecified atom stereocenters. The second kappa shape index (κ2) is 9.73. The van der Waals surface area contributed by atoms with Gasteiger partial charge >= 0.3 is 0 Å². The fourth-order valence-electron chi connectivity index (χ4n) is 4.49. The summed E-state index contributed by atoms with van der Waals surface area (Å²) in [6, 6.07) is 21.3. The minimum absolute atomic E-state index is 0.163. The third kappa shape index (κ3) is 4.13. The Morgan fingerprint density at radius 3 is 2.06 bits per heavy atom. The average molecular weight is 491 g/mol. The minimum atomic E-state index is -1.43. The van der Waals surface area contributed by atoms with E-state index in [0.717, 1.165) is 28.3 Å². The van der Waals surface area contributed by atoms with E-state index in [4.69, 9.17) is 23.9 Å². The van der Waals surface area contributed by atoms with Crippen LogP contribution >= 0.6 is 0 Å². The lowest BCUT2D eigenvalue weighted by molar-refractivity contribution is -0.153. The van der Waals surface area contributed by atoms with Gasteiger partial charge in [-0.2, -0.15) is 0 Å². The molecule has 2 atom stereocenters. The first kappa shape index (κ1) is 24.0. The van der Waals surface area contributed by atoms with E-state index < -0.39 is 11.9 Å². The summed E-state index contributed by atoms with van der Waals surface area (Å²) in [7, 11) is 5.13. The van der Waals surface area contributed by atoms with Gasteiger partial charge < -0.3 is 28.6 Å². The first-order chi connectivity index (χ1) is 17.5. The summed E-state index contributed by atoms with van der Waals surface area (Å²) in [5.74, 6) is 0.145. The van der Waals surface area contributed by atoms with Crippen LogP contribution in [0.15, 0.2) is 72.8 Å². The molecule has 1 aromatic heterocycles. The predicted molar refractivity (Wildman–Crippen MR) is 132 cm³/mol. The molecule has 36 heavy (non-hydrogen) atoms. The van der Waals surface area contributed by atoms with E-state index in [1.807, 2.05) is 60.1 Å². The summed E-state index contributed by atoms with van der Waals surface area (Å²) in [6.45, 7) is -0.0550. The van der Waals surface area contributed by atoms with Gasteiger partial charge in [0.05, 0.1) is 38.8 Å². The van der Waals surface area contributed by atoms with Gasteiger partial charge in [-0.25, -0.2) is 9.37 Å². The Hall–Kier alpha value is -3.72. The molecule has 2 heterocycles. The molecule has 0 radical (unpaired) electrons. The van der Waals surface area contributed by atoms with Crippen molar-refractivity contribution in [3.8, 4) is 34.0 Å². The fraction of sp³-hybridized carbons (Fsp3) is 0.250. The first-order valence-corrected chi connectivity index (χ1v) is 11.5. The molecule has 8 heteroatoms. The number of nitrogens with zero attached hydrogens (tertiary/aromatic N) is 2. The molecule has 1 N–H and O–H groups in total.